The molecule has 0 saturated carbocycles. The van der Waals surface area contributed by atoms with Gasteiger partial charge < -0.3 is 14.4 Å². The van der Waals surface area contributed by atoms with Gasteiger partial charge in [-0.15, -0.1) is 0 Å². The first-order valence-corrected chi connectivity index (χ1v) is 5.08. The second-order valence-corrected chi connectivity index (χ2v) is 3.54. The smallest absolute Gasteiger partial charge is 0.227 e. The third kappa shape index (κ3) is 2.73. The number of rotatable bonds is 4. The lowest BCUT2D eigenvalue weighted by Gasteiger charge is -2.02. The maximum Gasteiger partial charge on any atom is 0.227 e. The van der Waals surface area contributed by atoms with Gasteiger partial charge in [-0.3, -0.25) is 4.79 Å². The van der Waals surface area contributed by atoms with Crippen LogP contribution in [-0.2, 0) is 11.3 Å². The monoisotopic (exact) mass is 219 g/mol. The second-order valence-electron chi connectivity index (χ2n) is 3.54. The van der Waals surface area contributed by atoms with Gasteiger partial charge in [-0.2, -0.15) is 0 Å². The first-order valence-electron chi connectivity index (χ1n) is 5.08. The molecule has 0 radical (unpaired) electrons. The summed E-state index contributed by atoms with van der Waals surface area (Å²) in [6, 6.07) is 5.55. The highest BCUT2D eigenvalue weighted by Crippen LogP contribution is 2.07. The Morgan fingerprint density at radius 3 is 2.88 bits per heavy atom. The molecule has 0 aromatic carbocycles. The van der Waals surface area contributed by atoms with E-state index in [0.717, 1.165) is 0 Å². The lowest BCUT2D eigenvalue weighted by molar-refractivity contribution is -0.116. The molecule has 0 atom stereocenters. The minimum absolute atomic E-state index is 0.0676. The van der Waals surface area contributed by atoms with Crippen LogP contribution >= 0.6 is 0 Å². The van der Waals surface area contributed by atoms with Gasteiger partial charge in [0.2, 0.25) is 5.91 Å². The Kier molecular flexibility index (Phi) is 3.05. The highest BCUT2D eigenvalue weighted by atomic mass is 16.5. The lowest BCUT2D eigenvalue weighted by atomic mass is 10.4. The van der Waals surface area contributed by atoms with Gasteiger partial charge in [-0.25, -0.2) is 0 Å². The number of hydrogen-bond donors (Lipinski definition) is 1. The Balaban J connectivity index is 1.81. The van der Waals surface area contributed by atoms with Crippen molar-refractivity contribution >= 4 is 11.7 Å². The molecule has 0 aliphatic rings. The van der Waals surface area contributed by atoms with Crippen molar-refractivity contribution in [2.75, 3.05) is 5.32 Å². The van der Waals surface area contributed by atoms with E-state index >= 15 is 0 Å². The molecule has 1 N–H and O–H groups in total. The lowest BCUT2D eigenvalue weighted by Crippen LogP contribution is -2.14. The van der Waals surface area contributed by atoms with Crippen LogP contribution in [-0.4, -0.2) is 15.6 Å². The van der Waals surface area contributed by atoms with E-state index in [0.29, 0.717) is 24.5 Å². The summed E-state index contributed by atoms with van der Waals surface area (Å²) in [6.07, 6.45) is 4.27. The van der Waals surface area contributed by atoms with Crippen LogP contribution in [0, 0.1) is 6.92 Å². The van der Waals surface area contributed by atoms with E-state index in [2.05, 4.69) is 10.5 Å². The molecule has 2 rings (SSSR count). The summed E-state index contributed by atoms with van der Waals surface area (Å²) >= 11 is 0. The van der Waals surface area contributed by atoms with Crippen molar-refractivity contribution in [2.45, 2.75) is 19.9 Å². The Bertz CT molecular complexity index is 459. The summed E-state index contributed by atoms with van der Waals surface area (Å²) in [4.78, 5) is 11.5. The summed E-state index contributed by atoms with van der Waals surface area (Å²) in [5, 5.41) is 6.36. The van der Waals surface area contributed by atoms with Crippen molar-refractivity contribution in [1.82, 2.24) is 9.72 Å². The van der Waals surface area contributed by atoms with Crippen LogP contribution in [0.2, 0.25) is 0 Å². The molecule has 0 fully saturated rings. The van der Waals surface area contributed by atoms with Crippen LogP contribution in [0.25, 0.3) is 0 Å². The molecule has 2 heterocycles. The van der Waals surface area contributed by atoms with Crippen molar-refractivity contribution < 1.29 is 9.32 Å². The molecule has 0 bridgehead atoms. The van der Waals surface area contributed by atoms with Gasteiger partial charge in [-0.05, 0) is 19.1 Å². The van der Waals surface area contributed by atoms with Gasteiger partial charge in [0.15, 0.2) is 5.82 Å². The molecule has 0 unspecified atom stereocenters. The predicted molar refractivity (Wildman–Crippen MR) is 58.9 cm³/mol. The summed E-state index contributed by atoms with van der Waals surface area (Å²) in [5.41, 5.74) is 0. The molecule has 0 aliphatic heterocycles. The largest absolute Gasteiger partial charge is 0.360 e. The van der Waals surface area contributed by atoms with E-state index in [1.54, 1.807) is 13.0 Å². The van der Waals surface area contributed by atoms with Crippen molar-refractivity contribution in [1.29, 1.82) is 0 Å². The number of nitrogens with one attached hydrogen (secondary N) is 1. The summed E-state index contributed by atoms with van der Waals surface area (Å²) in [6.45, 7) is 2.44. The fourth-order valence-corrected chi connectivity index (χ4v) is 1.38. The second kappa shape index (κ2) is 4.65. The number of nitrogens with zero attached hydrogens (tertiary/aromatic N) is 2. The van der Waals surface area contributed by atoms with Crippen LogP contribution in [0.3, 0.4) is 0 Å². The molecule has 2 aromatic rings. The van der Waals surface area contributed by atoms with Crippen molar-refractivity contribution in [3.63, 3.8) is 0 Å². The Hall–Kier alpha value is -2.04. The van der Waals surface area contributed by atoms with Gasteiger partial charge in [0, 0.05) is 31.4 Å². The minimum atomic E-state index is -0.0676. The van der Waals surface area contributed by atoms with E-state index < -0.39 is 0 Å². The normalized spacial score (nSPS) is 10.3. The number of carbonyl (C=O) groups is 1. The molecule has 0 spiro atoms. The number of hydrogen-bond acceptors (Lipinski definition) is 3. The molecular formula is C11H13N3O2. The molecule has 84 valence electrons. The molecular weight excluding hydrogens is 206 g/mol. The average Bonchev–Trinajstić information content (AvgIpc) is 2.87. The number of aryl methyl sites for hydroxylation is 2. The fourth-order valence-electron chi connectivity index (χ4n) is 1.38. The van der Waals surface area contributed by atoms with Crippen LogP contribution in [0.5, 0.6) is 0 Å². The summed E-state index contributed by atoms with van der Waals surface area (Å²) in [5.74, 6) is 1.08. The molecule has 5 heteroatoms. The van der Waals surface area contributed by atoms with E-state index in [-0.39, 0.29) is 5.91 Å². The third-order valence-electron chi connectivity index (χ3n) is 2.16. The highest BCUT2D eigenvalue weighted by Gasteiger charge is 2.05. The van der Waals surface area contributed by atoms with E-state index in [4.69, 9.17) is 4.52 Å². The predicted octanol–water partition coefficient (Wildman–Crippen LogP) is 1.81. The van der Waals surface area contributed by atoms with Crippen LogP contribution in [0.1, 0.15) is 12.2 Å². The molecule has 0 aliphatic carbocycles. The van der Waals surface area contributed by atoms with Crippen molar-refractivity contribution in [3.8, 4) is 0 Å². The fraction of sp³-hybridized carbons (Fsp3) is 0.273. The maximum atomic E-state index is 11.5. The van der Waals surface area contributed by atoms with E-state index in [1.165, 1.54) is 0 Å². The standard InChI is InChI=1S/C11H13N3O2/c1-9-8-10(13-16-9)12-11(15)4-7-14-5-2-3-6-14/h2-3,5-6,8H,4,7H2,1H3,(H,12,13,15). The molecule has 2 aromatic heterocycles. The van der Waals surface area contributed by atoms with Crippen LogP contribution in [0.15, 0.2) is 35.1 Å². The third-order valence-corrected chi connectivity index (χ3v) is 2.16. The zero-order chi connectivity index (χ0) is 11.4. The van der Waals surface area contributed by atoms with Gasteiger partial charge >= 0.3 is 0 Å². The van der Waals surface area contributed by atoms with Crippen molar-refractivity contribution in [3.05, 3.63) is 36.4 Å². The highest BCUT2D eigenvalue weighted by molar-refractivity contribution is 5.89. The first kappa shape index (κ1) is 10.5. The Labute approximate surface area is 93.0 Å². The number of anilines is 1. The van der Waals surface area contributed by atoms with Gasteiger partial charge in [0.05, 0.1) is 0 Å². The minimum Gasteiger partial charge on any atom is -0.360 e. The van der Waals surface area contributed by atoms with Gasteiger partial charge in [0.25, 0.3) is 0 Å². The molecule has 1 amide bonds. The quantitative estimate of drug-likeness (QED) is 0.853. The van der Waals surface area contributed by atoms with E-state index in [9.17, 15) is 4.79 Å². The number of aromatic nitrogens is 2. The van der Waals surface area contributed by atoms with Crippen LogP contribution < -0.4 is 5.32 Å². The SMILES string of the molecule is Cc1cc(NC(=O)CCn2cccc2)no1. The summed E-state index contributed by atoms with van der Waals surface area (Å²) < 4.78 is 6.80. The van der Waals surface area contributed by atoms with E-state index in [1.807, 2.05) is 29.1 Å². The zero-order valence-corrected chi connectivity index (χ0v) is 9.01. The Morgan fingerprint density at radius 1 is 1.50 bits per heavy atom. The topological polar surface area (TPSA) is 60.1 Å². The van der Waals surface area contributed by atoms with Gasteiger partial charge in [-0.1, -0.05) is 5.16 Å². The molecule has 0 saturated heterocycles. The van der Waals surface area contributed by atoms with Gasteiger partial charge in [0.1, 0.15) is 5.76 Å². The van der Waals surface area contributed by atoms with Crippen molar-refractivity contribution in [2.24, 2.45) is 0 Å². The number of amides is 1. The maximum absolute atomic E-state index is 11.5. The Morgan fingerprint density at radius 2 is 2.25 bits per heavy atom. The number of carbonyl (C=O) groups excluding carboxylic acids is 1. The first-order chi connectivity index (χ1) is 7.74. The molecule has 16 heavy (non-hydrogen) atoms. The summed E-state index contributed by atoms with van der Waals surface area (Å²) in [7, 11) is 0. The average molecular weight is 219 g/mol. The van der Waals surface area contributed by atoms with Crippen LogP contribution in [0.4, 0.5) is 5.82 Å². The molecule has 5 nitrogen and oxygen atoms in total. The zero-order valence-electron chi connectivity index (χ0n) is 9.01.